The van der Waals surface area contributed by atoms with Gasteiger partial charge in [0.25, 0.3) is 0 Å². The number of hydrogen-bond acceptors (Lipinski definition) is 4. The number of aryl methyl sites for hydroxylation is 1. The maximum absolute atomic E-state index is 5.86. The zero-order valence-electron chi connectivity index (χ0n) is 11.5. The molecule has 0 saturated carbocycles. The highest BCUT2D eigenvalue weighted by molar-refractivity contribution is 6.30. The Kier molecular flexibility index (Phi) is 3.83. The molecule has 0 aliphatic carbocycles. The van der Waals surface area contributed by atoms with Gasteiger partial charge in [0.05, 0.1) is 5.69 Å². The van der Waals surface area contributed by atoms with Gasteiger partial charge in [-0.1, -0.05) is 23.7 Å². The van der Waals surface area contributed by atoms with Crippen LogP contribution in [0.25, 0.3) is 5.82 Å². The van der Waals surface area contributed by atoms with Crippen LogP contribution in [0, 0.1) is 6.92 Å². The lowest BCUT2D eigenvalue weighted by Crippen LogP contribution is -2.06. The number of benzene rings is 1. The maximum atomic E-state index is 5.86. The largest absolute Gasteiger partial charge is 0.350 e. The van der Waals surface area contributed by atoms with Crippen molar-refractivity contribution in [1.82, 2.24) is 19.7 Å². The fraction of sp³-hybridized carbons (Fsp3) is 0.133. The summed E-state index contributed by atoms with van der Waals surface area (Å²) < 4.78 is 1.73. The summed E-state index contributed by atoms with van der Waals surface area (Å²) in [6.07, 6.45) is 3.59. The van der Waals surface area contributed by atoms with Gasteiger partial charge in [0.1, 0.15) is 0 Å². The fourth-order valence-electron chi connectivity index (χ4n) is 1.89. The second kappa shape index (κ2) is 5.93. The van der Waals surface area contributed by atoms with E-state index >= 15 is 0 Å². The zero-order valence-corrected chi connectivity index (χ0v) is 12.2. The Morgan fingerprint density at radius 1 is 1.14 bits per heavy atom. The van der Waals surface area contributed by atoms with E-state index in [1.165, 1.54) is 0 Å². The molecule has 0 radical (unpaired) electrons. The lowest BCUT2D eigenvalue weighted by atomic mass is 10.2. The molecule has 1 N–H and O–H groups in total. The number of anilines is 1. The first kappa shape index (κ1) is 13.6. The van der Waals surface area contributed by atoms with Crippen molar-refractivity contribution in [3.63, 3.8) is 0 Å². The predicted molar refractivity (Wildman–Crippen MR) is 82.7 cm³/mol. The average Bonchev–Trinajstić information content (AvgIpc) is 2.94. The van der Waals surface area contributed by atoms with Crippen molar-refractivity contribution in [3.05, 3.63) is 65.1 Å². The van der Waals surface area contributed by atoms with E-state index in [0.29, 0.717) is 12.5 Å². The van der Waals surface area contributed by atoms with Crippen molar-refractivity contribution < 1.29 is 0 Å². The molecule has 1 aromatic carbocycles. The summed E-state index contributed by atoms with van der Waals surface area (Å²) in [5.41, 5.74) is 2.06. The van der Waals surface area contributed by atoms with E-state index in [-0.39, 0.29) is 0 Å². The van der Waals surface area contributed by atoms with Crippen molar-refractivity contribution in [2.24, 2.45) is 0 Å². The minimum atomic E-state index is 0.565. The van der Waals surface area contributed by atoms with Crippen LogP contribution < -0.4 is 5.32 Å². The van der Waals surface area contributed by atoms with Gasteiger partial charge in [-0.2, -0.15) is 10.1 Å². The number of nitrogens with zero attached hydrogens (tertiary/aromatic N) is 4. The normalized spacial score (nSPS) is 10.6. The molecule has 0 amide bonds. The second-order valence-corrected chi connectivity index (χ2v) is 5.06. The minimum Gasteiger partial charge on any atom is -0.350 e. The topological polar surface area (TPSA) is 55.6 Å². The molecule has 106 valence electrons. The van der Waals surface area contributed by atoms with Crippen LogP contribution in [0.15, 0.2) is 48.8 Å². The third-order valence-electron chi connectivity index (χ3n) is 2.96. The van der Waals surface area contributed by atoms with Crippen molar-refractivity contribution in [1.29, 1.82) is 0 Å². The number of nitrogens with one attached hydrogen (secondary N) is 1. The molecule has 3 aromatic rings. The van der Waals surface area contributed by atoms with Gasteiger partial charge in [0.2, 0.25) is 5.95 Å². The summed E-state index contributed by atoms with van der Waals surface area (Å²) in [4.78, 5) is 8.66. The van der Waals surface area contributed by atoms with E-state index < -0.39 is 0 Å². The maximum Gasteiger partial charge on any atom is 0.224 e. The molecule has 0 saturated heterocycles. The van der Waals surface area contributed by atoms with Crippen LogP contribution in [0.4, 0.5) is 5.95 Å². The fourth-order valence-corrected chi connectivity index (χ4v) is 2.01. The monoisotopic (exact) mass is 299 g/mol. The molecule has 0 aliphatic heterocycles. The Labute approximate surface area is 127 Å². The van der Waals surface area contributed by atoms with Crippen LogP contribution >= 0.6 is 11.6 Å². The van der Waals surface area contributed by atoms with Crippen LogP contribution in [0.1, 0.15) is 11.3 Å². The van der Waals surface area contributed by atoms with Crippen LogP contribution in [0.2, 0.25) is 5.02 Å². The second-order valence-electron chi connectivity index (χ2n) is 4.62. The lowest BCUT2D eigenvalue weighted by molar-refractivity contribution is 0.825. The van der Waals surface area contributed by atoms with Crippen molar-refractivity contribution in [3.8, 4) is 5.82 Å². The SMILES string of the molecule is Cc1ccn(-c2ccnc(NCc3ccc(Cl)cc3)n2)n1. The summed E-state index contributed by atoms with van der Waals surface area (Å²) in [7, 11) is 0. The molecule has 3 rings (SSSR count). The number of halogens is 1. The molecular formula is C15H14ClN5. The van der Waals surface area contributed by atoms with Crippen LogP contribution in [0.5, 0.6) is 0 Å². The molecule has 6 heteroatoms. The number of hydrogen-bond donors (Lipinski definition) is 1. The van der Waals surface area contributed by atoms with E-state index in [1.807, 2.05) is 49.5 Å². The minimum absolute atomic E-state index is 0.565. The van der Waals surface area contributed by atoms with Gasteiger partial charge in [-0.3, -0.25) is 0 Å². The van der Waals surface area contributed by atoms with E-state index in [9.17, 15) is 0 Å². The van der Waals surface area contributed by atoms with Gasteiger partial charge in [0, 0.05) is 30.0 Å². The van der Waals surface area contributed by atoms with Gasteiger partial charge >= 0.3 is 0 Å². The van der Waals surface area contributed by atoms with E-state index in [4.69, 9.17) is 11.6 Å². The first-order valence-electron chi connectivity index (χ1n) is 6.55. The summed E-state index contributed by atoms with van der Waals surface area (Å²) in [5.74, 6) is 1.30. The molecule has 21 heavy (non-hydrogen) atoms. The lowest BCUT2D eigenvalue weighted by Gasteiger charge is -2.06. The summed E-state index contributed by atoms with van der Waals surface area (Å²) in [5, 5.41) is 8.25. The molecule has 0 spiro atoms. The Morgan fingerprint density at radius 3 is 2.67 bits per heavy atom. The highest BCUT2D eigenvalue weighted by Crippen LogP contribution is 2.11. The highest BCUT2D eigenvalue weighted by atomic mass is 35.5. The molecule has 0 atom stereocenters. The summed E-state index contributed by atoms with van der Waals surface area (Å²) >= 11 is 5.86. The van der Waals surface area contributed by atoms with E-state index in [1.54, 1.807) is 10.9 Å². The highest BCUT2D eigenvalue weighted by Gasteiger charge is 2.03. The Balaban J connectivity index is 1.73. The van der Waals surface area contributed by atoms with Crippen LogP contribution in [-0.4, -0.2) is 19.7 Å². The number of aromatic nitrogens is 4. The van der Waals surface area contributed by atoms with Crippen molar-refractivity contribution in [2.45, 2.75) is 13.5 Å². The molecule has 2 heterocycles. The smallest absolute Gasteiger partial charge is 0.224 e. The molecular weight excluding hydrogens is 286 g/mol. The van der Waals surface area contributed by atoms with E-state index in [0.717, 1.165) is 22.1 Å². The summed E-state index contributed by atoms with van der Waals surface area (Å²) in [6, 6.07) is 11.4. The predicted octanol–water partition coefficient (Wildman–Crippen LogP) is 3.24. The first-order valence-corrected chi connectivity index (χ1v) is 6.92. The van der Waals surface area contributed by atoms with E-state index in [2.05, 4.69) is 20.4 Å². The third kappa shape index (κ3) is 3.38. The van der Waals surface area contributed by atoms with Gasteiger partial charge in [-0.05, 0) is 30.7 Å². The molecule has 0 unspecified atom stereocenters. The van der Waals surface area contributed by atoms with Crippen LogP contribution in [0.3, 0.4) is 0 Å². The first-order chi connectivity index (χ1) is 10.2. The molecule has 0 bridgehead atoms. The van der Waals surface area contributed by atoms with Gasteiger partial charge in [0.15, 0.2) is 5.82 Å². The molecule has 2 aromatic heterocycles. The Bertz CT molecular complexity index is 736. The van der Waals surface area contributed by atoms with Gasteiger partial charge in [-0.25, -0.2) is 9.67 Å². The Morgan fingerprint density at radius 2 is 1.95 bits per heavy atom. The van der Waals surface area contributed by atoms with Gasteiger partial charge in [-0.15, -0.1) is 0 Å². The summed E-state index contributed by atoms with van der Waals surface area (Å²) in [6.45, 7) is 2.58. The quantitative estimate of drug-likeness (QED) is 0.803. The van der Waals surface area contributed by atoms with Crippen molar-refractivity contribution >= 4 is 17.5 Å². The number of rotatable bonds is 4. The standard InChI is InChI=1S/C15H14ClN5/c1-11-7-9-21(20-11)14-6-8-17-15(19-14)18-10-12-2-4-13(16)5-3-12/h2-9H,10H2,1H3,(H,17,18,19). The molecule has 0 aliphatic rings. The molecule has 5 nitrogen and oxygen atoms in total. The zero-order chi connectivity index (χ0) is 14.7. The Hall–Kier alpha value is -2.40. The van der Waals surface area contributed by atoms with Crippen LogP contribution in [-0.2, 0) is 6.54 Å². The average molecular weight is 300 g/mol. The molecule has 0 fully saturated rings. The third-order valence-corrected chi connectivity index (χ3v) is 3.21. The van der Waals surface area contributed by atoms with Gasteiger partial charge < -0.3 is 5.32 Å². The van der Waals surface area contributed by atoms with Crippen molar-refractivity contribution in [2.75, 3.05) is 5.32 Å².